The van der Waals surface area contributed by atoms with Crippen molar-refractivity contribution in [2.75, 3.05) is 7.05 Å². The second-order valence-electron chi connectivity index (χ2n) is 13.5. The lowest BCUT2D eigenvalue weighted by molar-refractivity contribution is 0.111. The van der Waals surface area contributed by atoms with Gasteiger partial charge < -0.3 is 18.1 Å². The number of aldehydes is 6. The summed E-state index contributed by atoms with van der Waals surface area (Å²) < 4.78 is 52.9. The van der Waals surface area contributed by atoms with Crippen molar-refractivity contribution in [3.8, 4) is 34.5 Å². The molecule has 18 heteroatoms. The minimum Gasteiger partial charge on any atom is -0.417 e. The normalized spacial score (nSPS) is 13.9. The lowest BCUT2D eigenvalue weighted by atomic mass is 10.2. The van der Waals surface area contributed by atoms with Crippen molar-refractivity contribution in [3.05, 3.63) is 179 Å². The summed E-state index contributed by atoms with van der Waals surface area (Å²) >= 11 is 0. The van der Waals surface area contributed by atoms with Gasteiger partial charge in [0.15, 0.2) is 11.5 Å². The second-order valence-corrected chi connectivity index (χ2v) is 20.5. The largest absolute Gasteiger partial charge is 0.590 e. The summed E-state index contributed by atoms with van der Waals surface area (Å²) in [6, 6.07) is 36.7. The summed E-state index contributed by atoms with van der Waals surface area (Å²) in [7, 11) is -11.3. The topological polar surface area (TPSA) is 186 Å². The van der Waals surface area contributed by atoms with Crippen molar-refractivity contribution >= 4 is 61.1 Å². The van der Waals surface area contributed by atoms with E-state index in [0.29, 0.717) is 71.1 Å². The van der Waals surface area contributed by atoms with E-state index in [1.54, 1.807) is 7.05 Å². The minimum atomic E-state index is -4.36. The van der Waals surface area contributed by atoms with Crippen molar-refractivity contribution in [1.82, 2.24) is 4.44 Å². The van der Waals surface area contributed by atoms with Gasteiger partial charge in [-0.25, -0.2) is 0 Å². The van der Waals surface area contributed by atoms with Gasteiger partial charge in [0.25, 0.3) is 0 Å². The van der Waals surface area contributed by atoms with E-state index in [9.17, 15) is 28.8 Å². The van der Waals surface area contributed by atoms with Crippen LogP contribution in [0.1, 0.15) is 96.3 Å². The summed E-state index contributed by atoms with van der Waals surface area (Å²) in [5, 5.41) is 0. The van der Waals surface area contributed by atoms with Gasteiger partial charge in [-0.15, -0.1) is 0 Å². The van der Waals surface area contributed by atoms with Crippen molar-refractivity contribution < 1.29 is 55.9 Å². The summed E-state index contributed by atoms with van der Waals surface area (Å²) in [4.78, 5) is 70.1. The molecule has 6 aromatic carbocycles. The molecule has 6 aromatic rings. The van der Waals surface area contributed by atoms with E-state index in [1.807, 2.05) is 13.8 Å². The third kappa shape index (κ3) is 12.6. The number of carbonyl (C=O) groups is 6. The molecule has 15 nitrogen and oxygen atoms in total. The van der Waals surface area contributed by atoms with Gasteiger partial charge in [-0.1, -0.05) is 38.6 Å². The molecule has 340 valence electrons. The summed E-state index contributed by atoms with van der Waals surface area (Å²) in [6.07, 6.45) is 5.26. The highest BCUT2D eigenvalue weighted by molar-refractivity contribution is 7.84. The second kappa shape index (κ2) is 23.8. The van der Waals surface area contributed by atoms with Gasteiger partial charge >= 0.3 is 23.3 Å². The maximum atomic E-state index is 11.7. The zero-order valence-corrected chi connectivity index (χ0v) is 39.3. The molecular formula is C48H47N3O12P3+. The molecule has 0 amide bonds. The van der Waals surface area contributed by atoms with Crippen LogP contribution in [0.4, 0.5) is 0 Å². The predicted octanol–water partition coefficient (Wildman–Crippen LogP) is 13.3. The first kappa shape index (κ1) is 50.0. The summed E-state index contributed by atoms with van der Waals surface area (Å²) in [5.74, 6) is 0.991. The highest BCUT2D eigenvalue weighted by Crippen LogP contribution is 2.85. The molecule has 0 N–H and O–H groups in total. The molecule has 0 radical (unpaired) electrons. The van der Waals surface area contributed by atoms with E-state index in [2.05, 4.69) is 13.8 Å². The number of hydrogen-bond acceptors (Lipinski definition) is 15. The van der Waals surface area contributed by atoms with Crippen LogP contribution in [-0.2, 0) is 0 Å². The standard InChI is InChI=1S/C43H33N3O12P3.C3H8.C2H6/c1-46-60(55-40-18-6-34(28-49)7-19-40,56-41-20-8-35(29-50)9-21-41)44-59(53-38-14-2-32(26-47)3-15-38,54-39-16-4-33(27-48)5-17-39)45-61(46,57-42-22-10-36(30-51)11-23-42)58-43-24-12-37(31-52)13-25-43;1-3-2;1-2/h2-31H,1H3;3H2,1-2H3;1-2H3/q+1;;. The first-order valence-electron chi connectivity index (χ1n) is 20.5. The van der Waals surface area contributed by atoms with Crippen LogP contribution in [0.5, 0.6) is 34.5 Å². The smallest absolute Gasteiger partial charge is 0.417 e. The van der Waals surface area contributed by atoms with Crippen LogP contribution >= 0.6 is 23.3 Å². The molecule has 0 spiro atoms. The first-order valence-corrected chi connectivity index (χ1v) is 25.0. The molecule has 0 atom stereocenters. The van der Waals surface area contributed by atoms with Gasteiger partial charge in [0.2, 0.25) is 0 Å². The monoisotopic (exact) mass is 950 g/mol. The summed E-state index contributed by atoms with van der Waals surface area (Å²) in [6.45, 7) is 8.25. The van der Waals surface area contributed by atoms with Crippen LogP contribution in [0.3, 0.4) is 0 Å². The van der Waals surface area contributed by atoms with Gasteiger partial charge in [-0.3, -0.25) is 37.8 Å². The fraction of sp³-hybridized carbons (Fsp3) is 0.125. The van der Waals surface area contributed by atoms with E-state index >= 15 is 0 Å². The highest BCUT2D eigenvalue weighted by atomic mass is 31.3. The third-order valence-corrected chi connectivity index (χ3v) is 17.8. The zero-order chi connectivity index (χ0) is 47.6. The molecule has 7 rings (SSSR count). The molecule has 1 aliphatic rings. The van der Waals surface area contributed by atoms with Gasteiger partial charge in [0, 0.05) is 44.9 Å². The van der Waals surface area contributed by atoms with E-state index in [1.165, 1.54) is 156 Å². The number of nitrogens with zero attached hydrogens (tertiary/aromatic N) is 3. The molecule has 0 unspecified atom stereocenters. The average Bonchev–Trinajstić information content (AvgIpc) is 3.35. The fourth-order valence-corrected chi connectivity index (χ4v) is 15.5. The van der Waals surface area contributed by atoms with E-state index in [4.69, 9.17) is 36.2 Å². The molecule has 0 saturated heterocycles. The molecule has 1 aliphatic heterocycles. The summed E-state index contributed by atoms with van der Waals surface area (Å²) in [5.41, 5.74) is 2.11. The average molecular weight is 951 g/mol. The fourth-order valence-electron chi connectivity index (χ4n) is 5.47. The Balaban J connectivity index is 0.00000157. The SMILES string of the molecule is CC.CCC.CN1P(Oc2ccc(C=O)cc2)(Oc2ccc(C=O)cc2)=NP(Oc2ccc(C=O)cc2)(Oc2ccc(C=O)cc2)=N[P+]1(Oc1ccc(C=O)cc1)Oc1ccc(C=O)cc1. The Labute approximate surface area is 383 Å². The van der Waals surface area contributed by atoms with E-state index in [-0.39, 0.29) is 34.5 Å². The van der Waals surface area contributed by atoms with Crippen molar-refractivity contribution in [3.63, 3.8) is 0 Å². The molecule has 0 saturated carbocycles. The Morgan fingerprint density at radius 1 is 0.424 bits per heavy atom. The van der Waals surface area contributed by atoms with Crippen molar-refractivity contribution in [2.45, 2.75) is 34.1 Å². The van der Waals surface area contributed by atoms with Gasteiger partial charge in [-0.2, -0.15) is 0 Å². The maximum absolute atomic E-state index is 11.7. The van der Waals surface area contributed by atoms with Crippen LogP contribution in [0.2, 0.25) is 0 Å². The molecule has 0 aromatic heterocycles. The molecule has 0 fully saturated rings. The van der Waals surface area contributed by atoms with Gasteiger partial charge in [-0.05, 0) is 146 Å². The number of rotatable bonds is 18. The maximum Gasteiger partial charge on any atom is 0.590 e. The quantitative estimate of drug-likeness (QED) is 0.0586. The van der Waals surface area contributed by atoms with E-state index < -0.39 is 23.3 Å². The highest BCUT2D eigenvalue weighted by Gasteiger charge is 2.69. The van der Waals surface area contributed by atoms with Crippen LogP contribution in [0.25, 0.3) is 0 Å². The lowest BCUT2D eigenvalue weighted by Gasteiger charge is -2.37. The minimum absolute atomic E-state index is 0.146. The molecular weight excluding hydrogens is 903 g/mol. The number of benzene rings is 6. The zero-order valence-electron chi connectivity index (χ0n) is 36.6. The number of carbonyl (C=O) groups excluding carboxylic acids is 6. The van der Waals surface area contributed by atoms with Gasteiger partial charge in [0.05, 0.1) is 4.52 Å². The van der Waals surface area contributed by atoms with Crippen LogP contribution in [0, 0.1) is 0 Å². The Morgan fingerprint density at radius 3 is 0.894 bits per heavy atom. The van der Waals surface area contributed by atoms with Crippen molar-refractivity contribution in [1.29, 1.82) is 0 Å². The lowest BCUT2D eigenvalue weighted by Crippen LogP contribution is -2.30. The van der Waals surface area contributed by atoms with Crippen LogP contribution in [-0.4, -0.2) is 49.2 Å². The molecule has 66 heavy (non-hydrogen) atoms. The first-order chi connectivity index (χ1) is 32.0. The third-order valence-electron chi connectivity index (χ3n) is 8.63. The Bertz CT molecular complexity index is 2530. The van der Waals surface area contributed by atoms with Crippen LogP contribution < -0.4 is 27.1 Å². The Morgan fingerprint density at radius 2 is 0.652 bits per heavy atom. The Kier molecular flexibility index (Phi) is 18.0. The Hall–Kier alpha value is -7.01. The van der Waals surface area contributed by atoms with Gasteiger partial charge in [0.1, 0.15) is 60.7 Å². The van der Waals surface area contributed by atoms with E-state index in [0.717, 1.165) is 0 Å². The van der Waals surface area contributed by atoms with Crippen molar-refractivity contribution in [2.24, 2.45) is 9.03 Å². The molecule has 0 aliphatic carbocycles. The number of hydrogen-bond donors (Lipinski definition) is 0. The molecule has 1 heterocycles. The molecule has 0 bridgehead atoms. The van der Waals surface area contributed by atoms with Crippen LogP contribution in [0.15, 0.2) is 155 Å². The predicted molar refractivity (Wildman–Crippen MR) is 255 cm³/mol.